The maximum absolute atomic E-state index is 11.9. The van der Waals surface area contributed by atoms with Crippen molar-refractivity contribution in [2.75, 3.05) is 0 Å². The van der Waals surface area contributed by atoms with E-state index in [1.54, 1.807) is 0 Å². The molecule has 0 aromatic heterocycles. The van der Waals surface area contributed by atoms with Crippen molar-refractivity contribution in [1.29, 1.82) is 0 Å². The van der Waals surface area contributed by atoms with E-state index in [-0.39, 0.29) is 11.6 Å². The monoisotopic (exact) mass is 230 g/mol. The van der Waals surface area contributed by atoms with E-state index in [0.29, 0.717) is 11.1 Å². The van der Waals surface area contributed by atoms with Crippen LogP contribution < -0.4 is 0 Å². The molecule has 0 aliphatic carbocycles. The number of carbonyl (C=O) groups is 1. The van der Waals surface area contributed by atoms with Crippen molar-refractivity contribution < 1.29 is 23.1 Å². The number of aromatic carboxylic acids is 1. The van der Waals surface area contributed by atoms with Gasteiger partial charge in [-0.1, -0.05) is 18.2 Å². The molecule has 2 nitrogen and oxygen atoms in total. The van der Waals surface area contributed by atoms with Crippen LogP contribution in [-0.2, 0) is 0 Å². The Kier molecular flexibility index (Phi) is 3.37. The van der Waals surface area contributed by atoms with Crippen LogP contribution >= 0.6 is 0 Å². The summed E-state index contributed by atoms with van der Waals surface area (Å²) in [6, 6.07) is 4.01. The molecule has 0 aliphatic rings. The number of carboxylic acids is 1. The van der Waals surface area contributed by atoms with Gasteiger partial charge in [0.1, 0.15) is 0 Å². The second-order valence-corrected chi connectivity index (χ2v) is 3.25. The van der Waals surface area contributed by atoms with Gasteiger partial charge in [-0.05, 0) is 24.1 Å². The number of rotatable bonds is 2. The van der Waals surface area contributed by atoms with Crippen molar-refractivity contribution in [2.45, 2.75) is 13.1 Å². The molecular weight excluding hydrogens is 221 g/mol. The van der Waals surface area contributed by atoms with Crippen LogP contribution in [0.25, 0.3) is 6.08 Å². The Morgan fingerprint density at radius 2 is 2.00 bits per heavy atom. The fourth-order valence-electron chi connectivity index (χ4n) is 1.22. The summed E-state index contributed by atoms with van der Waals surface area (Å²) in [6.07, 6.45) is -3.35. The average Bonchev–Trinajstić information content (AvgIpc) is 2.13. The minimum Gasteiger partial charge on any atom is -0.478 e. The zero-order valence-corrected chi connectivity index (χ0v) is 8.38. The topological polar surface area (TPSA) is 37.3 Å². The summed E-state index contributed by atoms with van der Waals surface area (Å²) in [5, 5.41) is 8.72. The van der Waals surface area contributed by atoms with E-state index in [0.717, 1.165) is 6.08 Å². The summed E-state index contributed by atoms with van der Waals surface area (Å²) in [5.74, 6) is -1.09. The average molecular weight is 230 g/mol. The number of halogens is 3. The first kappa shape index (κ1) is 12.3. The zero-order valence-electron chi connectivity index (χ0n) is 8.38. The fourth-order valence-corrected chi connectivity index (χ4v) is 1.22. The van der Waals surface area contributed by atoms with Gasteiger partial charge in [-0.15, -0.1) is 0 Å². The highest BCUT2D eigenvalue weighted by atomic mass is 19.4. The molecule has 0 saturated heterocycles. The SMILES string of the molecule is Cc1cc(/C=C\C(F)(F)F)ccc1C(=O)O. The molecule has 1 N–H and O–H groups in total. The van der Waals surface area contributed by atoms with Crippen LogP contribution in [-0.4, -0.2) is 17.3 Å². The third-order valence-corrected chi connectivity index (χ3v) is 1.95. The molecule has 0 spiro atoms. The minimum absolute atomic E-state index is 0.0872. The Morgan fingerprint density at radius 3 is 2.44 bits per heavy atom. The Balaban J connectivity index is 2.99. The predicted octanol–water partition coefficient (Wildman–Crippen LogP) is 3.27. The molecule has 0 heterocycles. The quantitative estimate of drug-likeness (QED) is 0.846. The maximum Gasteiger partial charge on any atom is 0.409 e. The molecule has 0 amide bonds. The van der Waals surface area contributed by atoms with Gasteiger partial charge in [0.15, 0.2) is 0 Å². The van der Waals surface area contributed by atoms with Crippen LogP contribution in [0.5, 0.6) is 0 Å². The molecule has 5 heteroatoms. The van der Waals surface area contributed by atoms with E-state index < -0.39 is 12.1 Å². The molecule has 86 valence electrons. The number of alkyl halides is 3. The lowest BCUT2D eigenvalue weighted by atomic mass is 10.0. The lowest BCUT2D eigenvalue weighted by Gasteiger charge is -2.02. The summed E-state index contributed by atoms with van der Waals surface area (Å²) in [5.41, 5.74) is 0.834. The number of hydrogen-bond acceptors (Lipinski definition) is 1. The second-order valence-electron chi connectivity index (χ2n) is 3.25. The van der Waals surface area contributed by atoms with Crippen molar-refractivity contribution in [2.24, 2.45) is 0 Å². The van der Waals surface area contributed by atoms with E-state index >= 15 is 0 Å². The standard InChI is InChI=1S/C11H9F3O2/c1-7-6-8(4-5-11(12,13)14)2-3-9(7)10(15)16/h2-6H,1H3,(H,15,16)/b5-4-. The van der Waals surface area contributed by atoms with Crippen LogP contribution in [0.4, 0.5) is 13.2 Å². The van der Waals surface area contributed by atoms with Crippen LogP contribution in [0.3, 0.4) is 0 Å². The van der Waals surface area contributed by atoms with E-state index in [1.165, 1.54) is 25.1 Å². The highest BCUT2D eigenvalue weighted by Crippen LogP contribution is 2.19. The van der Waals surface area contributed by atoms with Gasteiger partial charge < -0.3 is 5.11 Å². The number of hydrogen-bond donors (Lipinski definition) is 1. The molecule has 1 aromatic carbocycles. The van der Waals surface area contributed by atoms with Crippen LogP contribution in [0, 0.1) is 6.92 Å². The molecule has 0 aliphatic heterocycles. The first-order valence-corrected chi connectivity index (χ1v) is 4.39. The normalized spacial score (nSPS) is 12.0. The largest absolute Gasteiger partial charge is 0.478 e. The van der Waals surface area contributed by atoms with Gasteiger partial charge in [-0.2, -0.15) is 13.2 Å². The van der Waals surface area contributed by atoms with Crippen LogP contribution in [0.15, 0.2) is 24.3 Å². The highest BCUT2D eigenvalue weighted by molar-refractivity contribution is 5.89. The Morgan fingerprint density at radius 1 is 1.38 bits per heavy atom. The highest BCUT2D eigenvalue weighted by Gasteiger charge is 2.21. The van der Waals surface area contributed by atoms with E-state index in [2.05, 4.69) is 0 Å². The Hall–Kier alpha value is -1.78. The first-order valence-electron chi connectivity index (χ1n) is 4.39. The molecule has 0 bridgehead atoms. The van der Waals surface area contributed by atoms with Crippen molar-refractivity contribution in [3.63, 3.8) is 0 Å². The van der Waals surface area contributed by atoms with Crippen LogP contribution in [0.2, 0.25) is 0 Å². The molecule has 0 fully saturated rings. The van der Waals surface area contributed by atoms with Crippen LogP contribution in [0.1, 0.15) is 21.5 Å². The molecule has 0 saturated carbocycles. The van der Waals surface area contributed by atoms with Crippen molar-refractivity contribution in [1.82, 2.24) is 0 Å². The third-order valence-electron chi connectivity index (χ3n) is 1.95. The summed E-state index contributed by atoms with van der Waals surface area (Å²) in [4.78, 5) is 10.7. The number of carboxylic acid groups (broad SMARTS) is 1. The summed E-state index contributed by atoms with van der Waals surface area (Å²) < 4.78 is 35.6. The van der Waals surface area contributed by atoms with Gasteiger partial charge in [-0.25, -0.2) is 4.79 Å². The van der Waals surface area contributed by atoms with Gasteiger partial charge >= 0.3 is 12.1 Å². The van der Waals surface area contributed by atoms with Crippen molar-refractivity contribution in [3.05, 3.63) is 41.0 Å². The van der Waals surface area contributed by atoms with E-state index in [4.69, 9.17) is 5.11 Å². The smallest absolute Gasteiger partial charge is 0.409 e. The van der Waals surface area contributed by atoms with Gasteiger partial charge in [0.2, 0.25) is 0 Å². The molecule has 1 aromatic rings. The lowest BCUT2D eigenvalue weighted by Crippen LogP contribution is -2.01. The Bertz CT molecular complexity index is 433. The molecule has 16 heavy (non-hydrogen) atoms. The Labute approximate surface area is 90.0 Å². The second kappa shape index (κ2) is 4.38. The first-order chi connectivity index (χ1) is 7.29. The van der Waals surface area contributed by atoms with Crippen molar-refractivity contribution in [3.8, 4) is 0 Å². The molecule has 0 radical (unpaired) electrons. The third kappa shape index (κ3) is 3.42. The van der Waals surface area contributed by atoms with Crippen molar-refractivity contribution >= 4 is 12.0 Å². The molecule has 0 atom stereocenters. The fraction of sp³-hybridized carbons (Fsp3) is 0.182. The van der Waals surface area contributed by atoms with Gasteiger partial charge in [0.25, 0.3) is 0 Å². The molecular formula is C11H9F3O2. The zero-order chi connectivity index (χ0) is 12.3. The van der Waals surface area contributed by atoms with Gasteiger partial charge in [0, 0.05) is 6.08 Å². The molecule has 1 rings (SSSR count). The number of allylic oxidation sites excluding steroid dienone is 1. The van der Waals surface area contributed by atoms with E-state index in [1.807, 2.05) is 0 Å². The summed E-state index contributed by atoms with van der Waals surface area (Å²) in [7, 11) is 0. The summed E-state index contributed by atoms with van der Waals surface area (Å²) >= 11 is 0. The predicted molar refractivity (Wildman–Crippen MR) is 53.2 cm³/mol. The molecule has 0 unspecified atom stereocenters. The van der Waals surface area contributed by atoms with E-state index in [9.17, 15) is 18.0 Å². The number of aryl methyl sites for hydroxylation is 1. The minimum atomic E-state index is -4.36. The maximum atomic E-state index is 11.9. The van der Waals surface area contributed by atoms with Gasteiger partial charge in [0.05, 0.1) is 5.56 Å². The lowest BCUT2D eigenvalue weighted by molar-refractivity contribution is -0.0790. The summed E-state index contributed by atoms with van der Waals surface area (Å²) in [6.45, 7) is 1.54. The number of benzene rings is 1. The van der Waals surface area contributed by atoms with Gasteiger partial charge in [-0.3, -0.25) is 0 Å².